The lowest BCUT2D eigenvalue weighted by Crippen LogP contribution is -2.59. The van der Waals surface area contributed by atoms with E-state index in [4.69, 9.17) is 0 Å². The Morgan fingerprint density at radius 2 is 2.20 bits per heavy atom. The Morgan fingerprint density at radius 1 is 1.60 bits per heavy atom. The number of hydrogen-bond donors (Lipinski definition) is 1. The summed E-state index contributed by atoms with van der Waals surface area (Å²) < 4.78 is 0. The fourth-order valence-electron chi connectivity index (χ4n) is 1.44. The topological polar surface area (TPSA) is 66.5 Å². The molecular weight excluding hydrogens is 196 g/mol. The Labute approximate surface area is 88.8 Å². The second-order valence-electron chi connectivity index (χ2n) is 3.86. The normalized spacial score (nSPS) is 23.7. The first-order chi connectivity index (χ1) is 6.97. The molecule has 5 nitrogen and oxygen atoms in total. The van der Waals surface area contributed by atoms with Crippen molar-refractivity contribution >= 4 is 17.7 Å². The van der Waals surface area contributed by atoms with Crippen LogP contribution in [0.1, 0.15) is 27.2 Å². The number of piperazine rings is 1. The predicted molar refractivity (Wildman–Crippen MR) is 53.8 cm³/mol. The summed E-state index contributed by atoms with van der Waals surface area (Å²) in [5.41, 5.74) is 0. The molecular formula is C10H16N2O3. The molecule has 0 saturated carbocycles. The van der Waals surface area contributed by atoms with E-state index in [9.17, 15) is 14.4 Å². The molecule has 3 amide bonds. The first kappa shape index (κ1) is 11.7. The molecule has 84 valence electrons. The van der Waals surface area contributed by atoms with Crippen LogP contribution in [0.3, 0.4) is 0 Å². The summed E-state index contributed by atoms with van der Waals surface area (Å²) in [7, 11) is 0. The molecule has 1 aliphatic heterocycles. The Balaban J connectivity index is 2.79. The quantitative estimate of drug-likeness (QED) is 0.650. The van der Waals surface area contributed by atoms with Gasteiger partial charge >= 0.3 is 0 Å². The van der Waals surface area contributed by atoms with E-state index in [1.54, 1.807) is 13.8 Å². The smallest absolute Gasteiger partial charge is 0.249 e. The molecule has 0 bridgehead atoms. The number of carbonyl (C=O) groups is 3. The maximum Gasteiger partial charge on any atom is 0.249 e. The van der Waals surface area contributed by atoms with E-state index in [1.807, 2.05) is 6.92 Å². The van der Waals surface area contributed by atoms with E-state index < -0.39 is 17.9 Å². The van der Waals surface area contributed by atoms with Crippen LogP contribution in [0.15, 0.2) is 0 Å². The zero-order chi connectivity index (χ0) is 11.6. The van der Waals surface area contributed by atoms with Gasteiger partial charge in [-0.1, -0.05) is 13.8 Å². The van der Waals surface area contributed by atoms with E-state index >= 15 is 0 Å². The van der Waals surface area contributed by atoms with Gasteiger partial charge in [0.2, 0.25) is 17.7 Å². The average molecular weight is 212 g/mol. The fourth-order valence-corrected chi connectivity index (χ4v) is 1.44. The Kier molecular flexibility index (Phi) is 3.44. The van der Waals surface area contributed by atoms with Gasteiger partial charge in [-0.2, -0.15) is 0 Å². The highest BCUT2D eigenvalue weighted by Crippen LogP contribution is 2.12. The largest absolute Gasteiger partial charge is 0.321 e. The SMILES string of the molecule is CCC(C)C(=O)N1CC(=O)NC(=O)C1C. The first-order valence-corrected chi connectivity index (χ1v) is 5.11. The number of carbonyl (C=O) groups excluding carboxylic acids is 3. The lowest BCUT2D eigenvalue weighted by Gasteiger charge is -2.33. The summed E-state index contributed by atoms with van der Waals surface area (Å²) in [4.78, 5) is 35.6. The molecule has 0 aromatic rings. The van der Waals surface area contributed by atoms with Crippen LogP contribution in [-0.2, 0) is 14.4 Å². The number of nitrogens with zero attached hydrogens (tertiary/aromatic N) is 1. The fraction of sp³-hybridized carbons (Fsp3) is 0.700. The second-order valence-corrected chi connectivity index (χ2v) is 3.86. The molecule has 0 aromatic heterocycles. The van der Waals surface area contributed by atoms with Crippen LogP contribution in [0.4, 0.5) is 0 Å². The van der Waals surface area contributed by atoms with Gasteiger partial charge in [0.25, 0.3) is 0 Å². The zero-order valence-corrected chi connectivity index (χ0v) is 9.24. The van der Waals surface area contributed by atoms with Crippen molar-refractivity contribution in [3.63, 3.8) is 0 Å². The van der Waals surface area contributed by atoms with Crippen molar-refractivity contribution in [2.45, 2.75) is 33.2 Å². The van der Waals surface area contributed by atoms with Crippen molar-refractivity contribution in [1.29, 1.82) is 0 Å². The van der Waals surface area contributed by atoms with Crippen LogP contribution in [0.2, 0.25) is 0 Å². The molecule has 1 N–H and O–H groups in total. The van der Waals surface area contributed by atoms with E-state index in [0.29, 0.717) is 6.42 Å². The molecule has 5 heteroatoms. The molecule has 0 radical (unpaired) electrons. The molecule has 0 spiro atoms. The third-order valence-electron chi connectivity index (χ3n) is 2.74. The molecule has 1 heterocycles. The van der Waals surface area contributed by atoms with Crippen molar-refractivity contribution in [2.24, 2.45) is 5.92 Å². The standard InChI is InChI=1S/C10H16N2O3/c1-4-6(2)10(15)12-5-8(13)11-9(14)7(12)3/h6-7H,4-5H2,1-3H3,(H,11,13,14). The van der Waals surface area contributed by atoms with E-state index in [1.165, 1.54) is 4.90 Å². The van der Waals surface area contributed by atoms with Crippen molar-refractivity contribution in [2.75, 3.05) is 6.54 Å². The van der Waals surface area contributed by atoms with E-state index in [0.717, 1.165) is 0 Å². The third kappa shape index (κ3) is 2.34. The van der Waals surface area contributed by atoms with Crippen LogP contribution in [0, 0.1) is 5.92 Å². The van der Waals surface area contributed by atoms with Gasteiger partial charge in [-0.05, 0) is 13.3 Å². The summed E-state index contributed by atoms with van der Waals surface area (Å²) in [5, 5.41) is 2.20. The predicted octanol–water partition coefficient (Wildman–Crippen LogP) is -0.0940. The lowest BCUT2D eigenvalue weighted by molar-refractivity contribution is -0.151. The number of nitrogens with one attached hydrogen (secondary N) is 1. The van der Waals surface area contributed by atoms with Gasteiger partial charge in [-0.15, -0.1) is 0 Å². The van der Waals surface area contributed by atoms with Crippen LogP contribution in [0.5, 0.6) is 0 Å². The highest BCUT2D eigenvalue weighted by Gasteiger charge is 2.34. The van der Waals surface area contributed by atoms with Crippen molar-refractivity contribution in [3.05, 3.63) is 0 Å². The van der Waals surface area contributed by atoms with E-state index in [-0.39, 0.29) is 18.4 Å². The highest BCUT2D eigenvalue weighted by atomic mass is 16.2. The molecule has 0 aliphatic carbocycles. The Bertz CT molecular complexity index is 301. The van der Waals surface area contributed by atoms with Crippen LogP contribution < -0.4 is 5.32 Å². The van der Waals surface area contributed by atoms with Crippen LogP contribution >= 0.6 is 0 Å². The van der Waals surface area contributed by atoms with Crippen LogP contribution in [-0.4, -0.2) is 35.2 Å². The molecule has 15 heavy (non-hydrogen) atoms. The van der Waals surface area contributed by atoms with Gasteiger partial charge in [0, 0.05) is 5.92 Å². The molecule has 2 unspecified atom stereocenters. The summed E-state index contributed by atoms with van der Waals surface area (Å²) in [6.45, 7) is 5.31. The Hall–Kier alpha value is -1.39. The first-order valence-electron chi connectivity index (χ1n) is 5.11. The number of rotatable bonds is 2. The number of imide groups is 1. The van der Waals surface area contributed by atoms with Gasteiger partial charge in [0.15, 0.2) is 0 Å². The summed E-state index contributed by atoms with van der Waals surface area (Å²) in [5.74, 6) is -1.09. The maximum absolute atomic E-state index is 11.8. The zero-order valence-electron chi connectivity index (χ0n) is 9.24. The maximum atomic E-state index is 11.8. The lowest BCUT2D eigenvalue weighted by atomic mass is 10.1. The van der Waals surface area contributed by atoms with Crippen molar-refractivity contribution < 1.29 is 14.4 Å². The minimum Gasteiger partial charge on any atom is -0.321 e. The summed E-state index contributed by atoms with van der Waals surface area (Å²) in [6.07, 6.45) is 0.706. The van der Waals surface area contributed by atoms with Crippen molar-refractivity contribution in [3.8, 4) is 0 Å². The van der Waals surface area contributed by atoms with Gasteiger partial charge in [-0.25, -0.2) is 0 Å². The minimum atomic E-state index is -0.552. The molecule has 1 rings (SSSR count). The van der Waals surface area contributed by atoms with Crippen molar-refractivity contribution in [1.82, 2.24) is 10.2 Å². The molecule has 1 fully saturated rings. The average Bonchev–Trinajstić information content (AvgIpc) is 2.21. The number of amides is 3. The molecule has 0 aromatic carbocycles. The Morgan fingerprint density at radius 3 is 2.73 bits per heavy atom. The summed E-state index contributed by atoms with van der Waals surface area (Å²) in [6, 6.07) is -0.552. The highest BCUT2D eigenvalue weighted by molar-refractivity contribution is 6.04. The summed E-state index contributed by atoms with van der Waals surface area (Å²) >= 11 is 0. The monoisotopic (exact) mass is 212 g/mol. The molecule has 1 aliphatic rings. The number of hydrogen-bond acceptors (Lipinski definition) is 3. The van der Waals surface area contributed by atoms with Gasteiger partial charge in [-0.3, -0.25) is 19.7 Å². The third-order valence-corrected chi connectivity index (χ3v) is 2.74. The molecule has 1 saturated heterocycles. The van der Waals surface area contributed by atoms with E-state index in [2.05, 4.69) is 5.32 Å². The van der Waals surface area contributed by atoms with Gasteiger partial charge in [0.1, 0.15) is 12.6 Å². The van der Waals surface area contributed by atoms with Gasteiger partial charge < -0.3 is 4.90 Å². The minimum absolute atomic E-state index is 0.0178. The van der Waals surface area contributed by atoms with Crippen LogP contribution in [0.25, 0.3) is 0 Å². The second kappa shape index (κ2) is 4.42. The molecule has 2 atom stereocenters. The van der Waals surface area contributed by atoms with Gasteiger partial charge in [0.05, 0.1) is 0 Å².